The van der Waals surface area contributed by atoms with E-state index in [1.807, 2.05) is 48.5 Å². The quantitative estimate of drug-likeness (QED) is 0.0779. The van der Waals surface area contributed by atoms with Gasteiger partial charge in [0.15, 0.2) is 22.5 Å². The van der Waals surface area contributed by atoms with Gasteiger partial charge in [-0.2, -0.15) is 5.10 Å². The van der Waals surface area contributed by atoms with Gasteiger partial charge in [-0.1, -0.05) is 53.7 Å². The van der Waals surface area contributed by atoms with Crippen LogP contribution in [0.3, 0.4) is 0 Å². The lowest BCUT2D eigenvalue weighted by Gasteiger charge is -2.36. The summed E-state index contributed by atoms with van der Waals surface area (Å²) in [5.74, 6) is 0.589. The smallest absolute Gasteiger partial charge is 0.192 e. The number of alkyl halides is 1. The van der Waals surface area contributed by atoms with Gasteiger partial charge in [-0.05, 0) is 92.9 Å². The molecule has 14 heteroatoms. The zero-order valence-electron chi connectivity index (χ0n) is 35.3. The van der Waals surface area contributed by atoms with E-state index in [0.29, 0.717) is 49.4 Å². The van der Waals surface area contributed by atoms with E-state index >= 15 is 4.39 Å². The molecule has 0 fully saturated rings. The van der Waals surface area contributed by atoms with Crippen molar-refractivity contribution < 1.29 is 26.9 Å². The van der Waals surface area contributed by atoms with E-state index in [4.69, 9.17) is 38.5 Å². The van der Waals surface area contributed by atoms with Crippen molar-refractivity contribution in [3.05, 3.63) is 66.1 Å². The number of aromatic nitrogens is 4. The Bertz CT molecular complexity index is 1930. The molecule has 0 amide bonds. The maximum Gasteiger partial charge on any atom is 0.192 e. The number of hydrogen-bond donors (Lipinski definition) is 1. The summed E-state index contributed by atoms with van der Waals surface area (Å²) >= 11 is 0. The minimum atomic E-state index is -2.08. The van der Waals surface area contributed by atoms with Crippen LogP contribution in [0, 0.1) is 0 Å². The van der Waals surface area contributed by atoms with Crippen molar-refractivity contribution in [3.8, 4) is 22.8 Å². The fourth-order valence-corrected chi connectivity index (χ4v) is 7.95. The van der Waals surface area contributed by atoms with E-state index in [-0.39, 0.29) is 22.9 Å². The van der Waals surface area contributed by atoms with Crippen LogP contribution in [0.2, 0.25) is 36.3 Å². The summed E-state index contributed by atoms with van der Waals surface area (Å²) in [6.07, 6.45) is 0.903. The van der Waals surface area contributed by atoms with Crippen LogP contribution >= 0.6 is 0 Å². The van der Waals surface area contributed by atoms with Crippen LogP contribution in [0.1, 0.15) is 85.5 Å². The summed E-state index contributed by atoms with van der Waals surface area (Å²) in [5.41, 5.74) is 3.54. The molecule has 0 spiro atoms. The predicted molar refractivity (Wildman–Crippen MR) is 228 cm³/mol. The first-order chi connectivity index (χ1) is 25.5. The van der Waals surface area contributed by atoms with Crippen molar-refractivity contribution >= 4 is 38.5 Å². The normalized spacial score (nSPS) is 15.0. The van der Waals surface area contributed by atoms with Gasteiger partial charge in [0, 0.05) is 37.3 Å². The maximum absolute atomic E-state index is 16.5. The number of rotatable bonds is 18. The highest BCUT2D eigenvalue weighted by Crippen LogP contribution is 2.40. The van der Waals surface area contributed by atoms with Gasteiger partial charge >= 0.3 is 0 Å². The number of ether oxygens (including phenoxy) is 2. The summed E-state index contributed by atoms with van der Waals surface area (Å²) in [6.45, 7) is 27.0. The predicted octanol–water partition coefficient (Wildman–Crippen LogP) is 9.65. The summed E-state index contributed by atoms with van der Waals surface area (Å²) in [7, 11) is -4.11. The second kappa shape index (κ2) is 17.7. The molecule has 0 bridgehead atoms. The highest BCUT2D eigenvalue weighted by molar-refractivity contribution is 7.84. The SMILES string of the molecule is COCCOc1cc(-c2cccc([C@H](CC(C)(C)S(N)=O)C(F)CCO[Si](C)(C)C(C)(C)C)n2)cc2c1cnn2-c1cccc(CO[Si](C)(C)C(C)(C)C)n1. The molecule has 55 heavy (non-hydrogen) atoms. The Kier molecular flexibility index (Phi) is 14.5. The third-order valence-electron chi connectivity index (χ3n) is 11.4. The number of pyridine rings is 2. The summed E-state index contributed by atoms with van der Waals surface area (Å²) in [5, 5.41) is 11.6. The van der Waals surface area contributed by atoms with Crippen LogP contribution in [-0.2, 0) is 31.2 Å². The molecule has 0 aliphatic heterocycles. The third kappa shape index (κ3) is 11.2. The molecule has 3 atom stereocenters. The molecule has 2 unspecified atom stereocenters. The lowest BCUT2D eigenvalue weighted by atomic mass is 9.87. The molecule has 10 nitrogen and oxygen atoms in total. The Hall–Kier alpha value is -2.86. The number of nitrogens with two attached hydrogens (primary N) is 1. The molecule has 3 aromatic heterocycles. The van der Waals surface area contributed by atoms with Crippen LogP contribution in [0.5, 0.6) is 5.75 Å². The Labute approximate surface area is 333 Å². The number of halogens is 1. The Morgan fingerprint density at radius 1 is 0.873 bits per heavy atom. The first kappa shape index (κ1) is 44.9. The first-order valence-corrected chi connectivity index (χ1v) is 26.2. The largest absolute Gasteiger partial charge is 0.490 e. The second-order valence-corrected chi connectivity index (χ2v) is 29.4. The Balaban J connectivity index is 1.75. The van der Waals surface area contributed by atoms with Crippen LogP contribution in [0.4, 0.5) is 4.39 Å². The molecule has 0 aliphatic carbocycles. The average Bonchev–Trinajstić information content (AvgIpc) is 3.53. The molecule has 0 aliphatic rings. The van der Waals surface area contributed by atoms with E-state index in [2.05, 4.69) is 67.7 Å². The van der Waals surface area contributed by atoms with Crippen molar-refractivity contribution in [3.63, 3.8) is 0 Å². The molecule has 1 aromatic carbocycles. The fourth-order valence-electron chi connectivity index (χ4n) is 5.61. The zero-order valence-corrected chi connectivity index (χ0v) is 38.1. The number of methoxy groups -OCH3 is 1. The lowest BCUT2D eigenvalue weighted by molar-refractivity contribution is 0.147. The maximum atomic E-state index is 16.5. The number of benzene rings is 1. The Morgan fingerprint density at radius 2 is 1.53 bits per heavy atom. The molecule has 4 aromatic rings. The van der Waals surface area contributed by atoms with Crippen molar-refractivity contribution in [1.82, 2.24) is 19.7 Å². The summed E-state index contributed by atoms with van der Waals surface area (Å²) < 4.78 is 54.4. The molecular formula is C41H64FN5O5SSi2. The van der Waals surface area contributed by atoms with Crippen LogP contribution in [0.25, 0.3) is 28.0 Å². The van der Waals surface area contributed by atoms with Gasteiger partial charge in [-0.15, -0.1) is 0 Å². The van der Waals surface area contributed by atoms with E-state index < -0.39 is 44.5 Å². The first-order valence-electron chi connectivity index (χ1n) is 19.1. The molecule has 2 N–H and O–H groups in total. The van der Waals surface area contributed by atoms with Gasteiger partial charge in [0.25, 0.3) is 0 Å². The standard InChI is InChI=1S/C41H64FN5O5SSi2/c1-39(2,3)54(10,11)51-21-20-33(42)31(26-41(7,8)53(43)48)35-18-15-17-34(46-35)29-24-36-32(37(25-29)50-23-22-49-9)27-44-47(36)38-19-14-16-30(45-38)28-52-55(12,13)40(4,5)6/h14-19,24-25,27,31,33H,20-23,26,28,43H2,1-13H3/t31-,33?,53?/m1/s1. The highest BCUT2D eigenvalue weighted by atomic mass is 32.2. The zero-order chi connectivity index (χ0) is 41.0. The number of fused-ring (bicyclic) bond motifs is 1. The molecular weight excluding hydrogens is 750 g/mol. The summed E-state index contributed by atoms with van der Waals surface area (Å²) in [4.78, 5) is 10.0. The summed E-state index contributed by atoms with van der Waals surface area (Å²) in [6, 6.07) is 15.4. The fraction of sp³-hybridized carbons (Fsp3) is 0.585. The number of nitrogens with zero attached hydrogens (tertiary/aromatic N) is 4. The molecule has 3 heterocycles. The third-order valence-corrected chi connectivity index (χ3v) is 21.7. The highest BCUT2D eigenvalue weighted by Gasteiger charge is 2.39. The van der Waals surface area contributed by atoms with Gasteiger partial charge in [0.2, 0.25) is 0 Å². The van der Waals surface area contributed by atoms with Gasteiger partial charge in [0.1, 0.15) is 18.5 Å². The minimum Gasteiger partial charge on any atom is -0.490 e. The lowest BCUT2D eigenvalue weighted by Crippen LogP contribution is -2.41. The molecule has 4 rings (SSSR count). The van der Waals surface area contributed by atoms with Gasteiger partial charge < -0.3 is 18.3 Å². The van der Waals surface area contributed by atoms with E-state index in [1.54, 1.807) is 31.8 Å². The van der Waals surface area contributed by atoms with Gasteiger partial charge in [-0.25, -0.2) is 18.3 Å². The van der Waals surface area contributed by atoms with Crippen molar-refractivity contribution in [2.45, 2.75) is 128 Å². The van der Waals surface area contributed by atoms with E-state index in [1.165, 1.54) is 0 Å². The molecule has 0 saturated carbocycles. The second-order valence-electron chi connectivity index (χ2n) is 18.1. The van der Waals surface area contributed by atoms with Crippen molar-refractivity contribution in [2.75, 3.05) is 26.9 Å². The van der Waals surface area contributed by atoms with Crippen LogP contribution < -0.4 is 9.88 Å². The van der Waals surface area contributed by atoms with Crippen LogP contribution in [0.15, 0.2) is 54.7 Å². The van der Waals surface area contributed by atoms with Crippen molar-refractivity contribution in [2.24, 2.45) is 5.14 Å². The van der Waals surface area contributed by atoms with Crippen LogP contribution in [-0.4, -0.2) is 78.4 Å². The molecule has 0 radical (unpaired) electrons. The number of hydrogen-bond acceptors (Lipinski definition) is 8. The van der Waals surface area contributed by atoms with Gasteiger partial charge in [-0.3, -0.25) is 10.1 Å². The van der Waals surface area contributed by atoms with E-state index in [9.17, 15) is 4.21 Å². The molecule has 304 valence electrons. The minimum absolute atomic E-state index is 0.00705. The van der Waals surface area contributed by atoms with E-state index in [0.717, 1.165) is 22.2 Å². The topological polar surface area (TPSA) is 124 Å². The average molecular weight is 814 g/mol. The van der Waals surface area contributed by atoms with Crippen molar-refractivity contribution in [1.29, 1.82) is 0 Å². The monoisotopic (exact) mass is 813 g/mol. The van der Waals surface area contributed by atoms with Gasteiger partial charge in [0.05, 0.1) is 57.4 Å². The Morgan fingerprint density at radius 3 is 2.16 bits per heavy atom. The molecule has 0 saturated heterocycles.